The molecule has 120 valence electrons. The van der Waals surface area contributed by atoms with E-state index in [0.29, 0.717) is 13.0 Å². The molecule has 2 amide bonds. The van der Waals surface area contributed by atoms with Crippen LogP contribution < -0.4 is 10.6 Å². The van der Waals surface area contributed by atoms with Gasteiger partial charge in [0.1, 0.15) is 0 Å². The molecule has 0 aliphatic carbocycles. The SMILES string of the molecule is CCC(=O)Nc1ccc(NCC(=O)N2CCC(C)CC2)cc1. The summed E-state index contributed by atoms with van der Waals surface area (Å²) >= 11 is 0. The van der Waals surface area contributed by atoms with Gasteiger partial charge in [-0.3, -0.25) is 9.59 Å². The van der Waals surface area contributed by atoms with Gasteiger partial charge in [0, 0.05) is 30.9 Å². The Bertz CT molecular complexity index is 505. The first-order valence-corrected chi connectivity index (χ1v) is 8.00. The van der Waals surface area contributed by atoms with Gasteiger partial charge >= 0.3 is 0 Å². The van der Waals surface area contributed by atoms with Crippen LogP contribution in [-0.2, 0) is 9.59 Å². The minimum atomic E-state index is -0.00443. The summed E-state index contributed by atoms with van der Waals surface area (Å²) in [5.74, 6) is 0.869. The maximum atomic E-state index is 12.1. The van der Waals surface area contributed by atoms with Crippen molar-refractivity contribution < 1.29 is 9.59 Å². The predicted octanol–water partition coefficient (Wildman–Crippen LogP) is 2.71. The van der Waals surface area contributed by atoms with Crippen molar-refractivity contribution in [2.75, 3.05) is 30.3 Å². The van der Waals surface area contributed by atoms with E-state index in [2.05, 4.69) is 17.6 Å². The Kier molecular flexibility index (Phi) is 5.81. The Morgan fingerprint density at radius 3 is 2.32 bits per heavy atom. The van der Waals surface area contributed by atoms with Crippen LogP contribution in [0.2, 0.25) is 0 Å². The van der Waals surface area contributed by atoms with Gasteiger partial charge in [0.25, 0.3) is 0 Å². The molecule has 1 aromatic carbocycles. The number of rotatable bonds is 5. The monoisotopic (exact) mass is 303 g/mol. The van der Waals surface area contributed by atoms with Crippen molar-refractivity contribution in [2.24, 2.45) is 5.92 Å². The molecule has 1 aromatic rings. The maximum Gasteiger partial charge on any atom is 0.241 e. The molecule has 1 heterocycles. The summed E-state index contributed by atoms with van der Waals surface area (Å²) in [6.45, 7) is 6.10. The molecular weight excluding hydrogens is 278 g/mol. The zero-order valence-corrected chi connectivity index (χ0v) is 13.4. The van der Waals surface area contributed by atoms with Gasteiger partial charge in [0.15, 0.2) is 0 Å². The van der Waals surface area contributed by atoms with Gasteiger partial charge in [-0.25, -0.2) is 0 Å². The number of carbonyl (C=O) groups is 2. The van der Waals surface area contributed by atoms with E-state index in [0.717, 1.165) is 43.2 Å². The van der Waals surface area contributed by atoms with Crippen molar-refractivity contribution >= 4 is 23.2 Å². The summed E-state index contributed by atoms with van der Waals surface area (Å²) in [6.07, 6.45) is 2.65. The molecule has 2 N–H and O–H groups in total. The lowest BCUT2D eigenvalue weighted by molar-refractivity contribution is -0.130. The molecule has 0 aromatic heterocycles. The average molecular weight is 303 g/mol. The van der Waals surface area contributed by atoms with Crippen molar-refractivity contribution in [3.05, 3.63) is 24.3 Å². The van der Waals surface area contributed by atoms with Gasteiger partial charge in [-0.15, -0.1) is 0 Å². The fourth-order valence-electron chi connectivity index (χ4n) is 2.47. The minimum Gasteiger partial charge on any atom is -0.376 e. The smallest absolute Gasteiger partial charge is 0.241 e. The lowest BCUT2D eigenvalue weighted by Gasteiger charge is -2.30. The van der Waals surface area contributed by atoms with Crippen molar-refractivity contribution in [1.82, 2.24) is 4.90 Å². The molecule has 5 nitrogen and oxygen atoms in total. The quantitative estimate of drug-likeness (QED) is 0.879. The highest BCUT2D eigenvalue weighted by molar-refractivity contribution is 5.90. The highest BCUT2D eigenvalue weighted by Gasteiger charge is 2.19. The van der Waals surface area contributed by atoms with E-state index in [9.17, 15) is 9.59 Å². The lowest BCUT2D eigenvalue weighted by atomic mass is 9.99. The van der Waals surface area contributed by atoms with Crippen LogP contribution in [0, 0.1) is 5.92 Å². The second kappa shape index (κ2) is 7.82. The molecule has 0 bridgehead atoms. The summed E-state index contributed by atoms with van der Waals surface area (Å²) in [5, 5.41) is 5.94. The first-order chi connectivity index (χ1) is 10.6. The fourth-order valence-corrected chi connectivity index (χ4v) is 2.47. The number of anilines is 2. The van der Waals surface area contributed by atoms with E-state index >= 15 is 0 Å². The van der Waals surface area contributed by atoms with E-state index in [1.807, 2.05) is 36.1 Å². The molecule has 5 heteroatoms. The number of hydrogen-bond acceptors (Lipinski definition) is 3. The summed E-state index contributed by atoms with van der Waals surface area (Å²) in [5.41, 5.74) is 1.65. The van der Waals surface area contributed by atoms with Crippen molar-refractivity contribution in [3.8, 4) is 0 Å². The van der Waals surface area contributed by atoms with Crippen LogP contribution in [0.25, 0.3) is 0 Å². The van der Waals surface area contributed by atoms with Gasteiger partial charge in [0.2, 0.25) is 11.8 Å². The molecule has 22 heavy (non-hydrogen) atoms. The van der Waals surface area contributed by atoms with Crippen LogP contribution in [0.4, 0.5) is 11.4 Å². The fraction of sp³-hybridized carbons (Fsp3) is 0.529. The zero-order chi connectivity index (χ0) is 15.9. The molecule has 0 atom stereocenters. The molecule has 0 radical (unpaired) electrons. The molecule has 0 saturated carbocycles. The third-order valence-corrected chi connectivity index (χ3v) is 4.07. The maximum absolute atomic E-state index is 12.1. The van der Waals surface area contributed by atoms with Gasteiger partial charge in [-0.1, -0.05) is 13.8 Å². The highest BCUT2D eigenvalue weighted by Crippen LogP contribution is 2.17. The molecule has 0 spiro atoms. The molecular formula is C17H25N3O2. The summed E-state index contributed by atoms with van der Waals surface area (Å²) in [7, 11) is 0. The average Bonchev–Trinajstić information content (AvgIpc) is 2.54. The number of piperidine rings is 1. The number of carbonyl (C=O) groups excluding carboxylic acids is 2. The Morgan fingerprint density at radius 2 is 1.73 bits per heavy atom. The Hall–Kier alpha value is -2.04. The van der Waals surface area contributed by atoms with Crippen LogP contribution >= 0.6 is 0 Å². The Labute approximate surface area is 132 Å². The van der Waals surface area contributed by atoms with E-state index in [1.165, 1.54) is 0 Å². The van der Waals surface area contributed by atoms with E-state index in [1.54, 1.807) is 0 Å². The summed E-state index contributed by atoms with van der Waals surface area (Å²) in [6, 6.07) is 7.42. The lowest BCUT2D eigenvalue weighted by Crippen LogP contribution is -2.40. The second-order valence-corrected chi connectivity index (χ2v) is 5.90. The van der Waals surface area contributed by atoms with Crippen molar-refractivity contribution in [1.29, 1.82) is 0 Å². The summed E-state index contributed by atoms with van der Waals surface area (Å²) in [4.78, 5) is 25.4. The Morgan fingerprint density at radius 1 is 1.14 bits per heavy atom. The Balaban J connectivity index is 1.79. The topological polar surface area (TPSA) is 61.4 Å². The van der Waals surface area contributed by atoms with Crippen LogP contribution in [0.3, 0.4) is 0 Å². The molecule has 1 fully saturated rings. The van der Waals surface area contributed by atoms with Crippen LogP contribution in [-0.4, -0.2) is 36.3 Å². The number of nitrogens with zero attached hydrogens (tertiary/aromatic N) is 1. The first-order valence-electron chi connectivity index (χ1n) is 8.00. The van der Waals surface area contributed by atoms with Crippen LogP contribution in [0.15, 0.2) is 24.3 Å². The van der Waals surface area contributed by atoms with Gasteiger partial charge in [-0.05, 0) is 43.0 Å². The van der Waals surface area contributed by atoms with E-state index in [4.69, 9.17) is 0 Å². The van der Waals surface area contributed by atoms with E-state index in [-0.39, 0.29) is 11.8 Å². The second-order valence-electron chi connectivity index (χ2n) is 5.90. The molecule has 0 unspecified atom stereocenters. The first kappa shape index (κ1) is 16.3. The van der Waals surface area contributed by atoms with Gasteiger partial charge in [-0.2, -0.15) is 0 Å². The summed E-state index contributed by atoms with van der Waals surface area (Å²) < 4.78 is 0. The third kappa shape index (κ3) is 4.76. The third-order valence-electron chi connectivity index (χ3n) is 4.07. The predicted molar refractivity (Wildman–Crippen MR) is 88.8 cm³/mol. The molecule has 1 aliphatic heterocycles. The van der Waals surface area contributed by atoms with Gasteiger partial charge < -0.3 is 15.5 Å². The van der Waals surface area contributed by atoms with Crippen LogP contribution in [0.5, 0.6) is 0 Å². The van der Waals surface area contributed by atoms with Gasteiger partial charge in [0.05, 0.1) is 6.54 Å². The van der Waals surface area contributed by atoms with Crippen molar-refractivity contribution in [3.63, 3.8) is 0 Å². The standard InChI is InChI=1S/C17H25N3O2/c1-3-16(21)19-15-6-4-14(5-7-15)18-12-17(22)20-10-8-13(2)9-11-20/h4-7,13,18H,3,8-12H2,1-2H3,(H,19,21). The number of nitrogens with one attached hydrogen (secondary N) is 2. The molecule has 1 saturated heterocycles. The minimum absolute atomic E-state index is 0.00443. The number of hydrogen-bond donors (Lipinski definition) is 2. The zero-order valence-electron chi connectivity index (χ0n) is 13.4. The van der Waals surface area contributed by atoms with Crippen molar-refractivity contribution in [2.45, 2.75) is 33.1 Å². The number of benzene rings is 1. The number of likely N-dealkylation sites (tertiary alicyclic amines) is 1. The highest BCUT2D eigenvalue weighted by atomic mass is 16.2. The number of amides is 2. The normalized spacial score (nSPS) is 15.5. The largest absolute Gasteiger partial charge is 0.376 e. The molecule has 1 aliphatic rings. The molecule has 2 rings (SSSR count). The van der Waals surface area contributed by atoms with E-state index < -0.39 is 0 Å². The van der Waals surface area contributed by atoms with Crippen LogP contribution in [0.1, 0.15) is 33.1 Å².